The van der Waals surface area contributed by atoms with Gasteiger partial charge in [0.25, 0.3) is 0 Å². The fourth-order valence-electron chi connectivity index (χ4n) is 2.54. The predicted octanol–water partition coefficient (Wildman–Crippen LogP) is 2.19. The number of imidazole rings is 1. The van der Waals surface area contributed by atoms with E-state index >= 15 is 0 Å². The Morgan fingerprint density at radius 1 is 1.42 bits per heavy atom. The van der Waals surface area contributed by atoms with Gasteiger partial charge in [-0.25, -0.2) is 4.98 Å². The minimum absolute atomic E-state index is 0.210. The molecule has 1 fully saturated rings. The molecule has 1 aromatic carbocycles. The molecule has 0 aliphatic carbocycles. The minimum atomic E-state index is 0.210. The molecule has 1 amide bonds. The van der Waals surface area contributed by atoms with Gasteiger partial charge in [0.05, 0.1) is 11.0 Å². The molecule has 1 atom stereocenters. The summed E-state index contributed by atoms with van der Waals surface area (Å²) in [6.07, 6.45) is 1.35. The van der Waals surface area contributed by atoms with Crippen molar-refractivity contribution in [3.8, 4) is 0 Å². The first kappa shape index (κ1) is 12.5. The molecule has 1 aliphatic rings. The maximum absolute atomic E-state index is 11.8. The average molecular weight is 278 g/mol. The van der Waals surface area contributed by atoms with E-state index < -0.39 is 0 Å². The zero-order valence-electron chi connectivity index (χ0n) is 10.6. The third-order valence-electron chi connectivity index (χ3n) is 3.57. The van der Waals surface area contributed by atoms with Gasteiger partial charge in [-0.05, 0) is 18.1 Å². The summed E-state index contributed by atoms with van der Waals surface area (Å²) in [5, 5.41) is 0. The van der Waals surface area contributed by atoms with E-state index in [9.17, 15) is 4.79 Å². The largest absolute Gasteiger partial charge is 0.342 e. The van der Waals surface area contributed by atoms with E-state index in [0.29, 0.717) is 24.8 Å². The number of hydrogen-bond donors (Lipinski definition) is 1. The van der Waals surface area contributed by atoms with Crippen molar-refractivity contribution in [2.45, 2.75) is 12.8 Å². The Bertz CT molecular complexity index is 562. The lowest BCUT2D eigenvalue weighted by atomic mass is 10.1. The quantitative estimate of drug-likeness (QED) is 0.871. The van der Waals surface area contributed by atoms with E-state index in [2.05, 4.69) is 9.97 Å². The number of benzene rings is 1. The molecule has 5 heteroatoms. The lowest BCUT2D eigenvalue weighted by molar-refractivity contribution is -0.127. The van der Waals surface area contributed by atoms with Gasteiger partial charge in [0.1, 0.15) is 5.82 Å². The maximum atomic E-state index is 11.8. The normalized spacial score (nSPS) is 19.5. The summed E-state index contributed by atoms with van der Waals surface area (Å²) >= 11 is 5.81. The lowest BCUT2D eigenvalue weighted by Gasteiger charge is -2.15. The second kappa shape index (κ2) is 5.21. The molecule has 0 radical (unpaired) electrons. The monoisotopic (exact) mass is 277 g/mol. The van der Waals surface area contributed by atoms with Gasteiger partial charge < -0.3 is 9.88 Å². The first-order valence-corrected chi connectivity index (χ1v) is 7.07. The number of aromatic nitrogens is 2. The van der Waals surface area contributed by atoms with Crippen molar-refractivity contribution in [2.24, 2.45) is 5.92 Å². The zero-order valence-corrected chi connectivity index (χ0v) is 11.4. The summed E-state index contributed by atoms with van der Waals surface area (Å²) in [4.78, 5) is 21.5. The van der Waals surface area contributed by atoms with Crippen LogP contribution in [0.15, 0.2) is 24.3 Å². The van der Waals surface area contributed by atoms with Gasteiger partial charge in [0.15, 0.2) is 0 Å². The molecule has 1 aliphatic heterocycles. The molecule has 19 heavy (non-hydrogen) atoms. The SMILES string of the molecule is O=C1CC(CCl)CN1CCc1nc2ccccc2[nH]1. The smallest absolute Gasteiger partial charge is 0.222 e. The number of rotatable bonds is 4. The van der Waals surface area contributed by atoms with Crippen LogP contribution in [0.4, 0.5) is 0 Å². The third-order valence-corrected chi connectivity index (χ3v) is 4.01. The standard InChI is InChI=1S/C14H16ClN3O/c15-8-10-7-14(19)18(9-10)6-5-13-16-11-3-1-2-4-12(11)17-13/h1-4,10H,5-9H2,(H,16,17). The van der Waals surface area contributed by atoms with E-state index in [1.54, 1.807) is 0 Å². The van der Waals surface area contributed by atoms with Crippen LogP contribution < -0.4 is 0 Å². The molecule has 4 nitrogen and oxygen atoms in total. The highest BCUT2D eigenvalue weighted by molar-refractivity contribution is 6.18. The number of para-hydroxylation sites is 2. The van der Waals surface area contributed by atoms with Crippen LogP contribution in [0, 0.1) is 5.92 Å². The Hall–Kier alpha value is -1.55. The first-order valence-electron chi connectivity index (χ1n) is 6.53. The van der Waals surface area contributed by atoms with E-state index in [4.69, 9.17) is 11.6 Å². The molecule has 0 spiro atoms. The molecule has 100 valence electrons. The van der Waals surface area contributed by atoms with Gasteiger partial charge >= 0.3 is 0 Å². The van der Waals surface area contributed by atoms with Crippen LogP contribution in [0.25, 0.3) is 11.0 Å². The Labute approximate surface area is 116 Å². The van der Waals surface area contributed by atoms with Gasteiger partial charge in [0.2, 0.25) is 5.91 Å². The number of H-pyrrole nitrogens is 1. The van der Waals surface area contributed by atoms with Crippen molar-refractivity contribution in [2.75, 3.05) is 19.0 Å². The van der Waals surface area contributed by atoms with Crippen LogP contribution in [-0.4, -0.2) is 39.7 Å². The summed E-state index contributed by atoms with van der Waals surface area (Å²) in [7, 11) is 0. The number of nitrogens with zero attached hydrogens (tertiary/aromatic N) is 2. The molecule has 0 bridgehead atoms. The highest BCUT2D eigenvalue weighted by atomic mass is 35.5. The number of alkyl halides is 1. The zero-order chi connectivity index (χ0) is 13.2. The lowest BCUT2D eigenvalue weighted by Crippen LogP contribution is -2.27. The molecular formula is C14H16ClN3O. The molecule has 2 heterocycles. The summed E-state index contributed by atoms with van der Waals surface area (Å²) in [5.74, 6) is 2.02. The molecule has 2 aromatic rings. The Morgan fingerprint density at radius 3 is 3.00 bits per heavy atom. The number of carbonyl (C=O) groups is 1. The van der Waals surface area contributed by atoms with Gasteiger partial charge in [-0.15, -0.1) is 11.6 Å². The number of likely N-dealkylation sites (tertiary alicyclic amines) is 1. The Balaban J connectivity index is 1.64. The molecule has 1 saturated heterocycles. The second-order valence-electron chi connectivity index (χ2n) is 5.01. The topological polar surface area (TPSA) is 49.0 Å². The fraction of sp³-hybridized carbons (Fsp3) is 0.429. The molecular weight excluding hydrogens is 262 g/mol. The number of amides is 1. The summed E-state index contributed by atoms with van der Waals surface area (Å²) in [6, 6.07) is 7.96. The molecule has 1 N–H and O–H groups in total. The molecule has 1 aromatic heterocycles. The Morgan fingerprint density at radius 2 is 2.26 bits per heavy atom. The van der Waals surface area contributed by atoms with Crippen LogP contribution in [-0.2, 0) is 11.2 Å². The minimum Gasteiger partial charge on any atom is -0.342 e. The van der Waals surface area contributed by atoms with Crippen LogP contribution in [0.2, 0.25) is 0 Å². The number of fused-ring (bicyclic) bond motifs is 1. The van der Waals surface area contributed by atoms with Crippen molar-refractivity contribution < 1.29 is 4.79 Å². The van der Waals surface area contributed by atoms with Gasteiger partial charge in [-0.3, -0.25) is 4.79 Å². The summed E-state index contributed by atoms with van der Waals surface area (Å²) in [5.41, 5.74) is 2.02. The molecule has 1 unspecified atom stereocenters. The number of carbonyl (C=O) groups excluding carboxylic acids is 1. The number of hydrogen-bond acceptors (Lipinski definition) is 2. The van der Waals surface area contributed by atoms with Crippen LogP contribution in [0.3, 0.4) is 0 Å². The van der Waals surface area contributed by atoms with Gasteiger partial charge in [-0.2, -0.15) is 0 Å². The van der Waals surface area contributed by atoms with E-state index in [1.165, 1.54) is 0 Å². The highest BCUT2D eigenvalue weighted by Crippen LogP contribution is 2.19. The predicted molar refractivity (Wildman–Crippen MR) is 75.2 cm³/mol. The number of halogens is 1. The number of nitrogens with one attached hydrogen (secondary N) is 1. The third kappa shape index (κ3) is 2.59. The van der Waals surface area contributed by atoms with Gasteiger partial charge in [0, 0.05) is 31.8 Å². The Kier molecular flexibility index (Phi) is 3.42. The second-order valence-corrected chi connectivity index (χ2v) is 5.32. The molecule has 3 rings (SSSR count). The van der Waals surface area contributed by atoms with Gasteiger partial charge in [-0.1, -0.05) is 12.1 Å². The van der Waals surface area contributed by atoms with Crippen molar-refractivity contribution in [3.63, 3.8) is 0 Å². The number of aromatic amines is 1. The highest BCUT2D eigenvalue weighted by Gasteiger charge is 2.28. The van der Waals surface area contributed by atoms with E-state index in [-0.39, 0.29) is 5.91 Å². The van der Waals surface area contributed by atoms with Crippen LogP contribution >= 0.6 is 11.6 Å². The van der Waals surface area contributed by atoms with Crippen molar-refractivity contribution in [1.29, 1.82) is 0 Å². The van der Waals surface area contributed by atoms with E-state index in [0.717, 1.165) is 29.8 Å². The van der Waals surface area contributed by atoms with Crippen molar-refractivity contribution in [3.05, 3.63) is 30.1 Å². The van der Waals surface area contributed by atoms with Crippen LogP contribution in [0.5, 0.6) is 0 Å². The van der Waals surface area contributed by atoms with E-state index in [1.807, 2.05) is 29.2 Å². The molecule has 0 saturated carbocycles. The average Bonchev–Trinajstić information content (AvgIpc) is 2.99. The summed E-state index contributed by atoms with van der Waals surface area (Å²) in [6.45, 7) is 1.49. The van der Waals surface area contributed by atoms with Crippen LogP contribution in [0.1, 0.15) is 12.2 Å². The fourth-order valence-corrected chi connectivity index (χ4v) is 2.75. The first-order chi connectivity index (χ1) is 9.26. The van der Waals surface area contributed by atoms with Crippen molar-refractivity contribution >= 4 is 28.5 Å². The maximum Gasteiger partial charge on any atom is 0.222 e. The summed E-state index contributed by atoms with van der Waals surface area (Å²) < 4.78 is 0. The van der Waals surface area contributed by atoms with Crippen molar-refractivity contribution in [1.82, 2.24) is 14.9 Å².